The number of carbonyl (C=O) groups is 2. The van der Waals surface area contributed by atoms with Crippen molar-refractivity contribution in [2.45, 2.75) is 26.2 Å². The molecule has 0 aromatic heterocycles. The van der Waals surface area contributed by atoms with Crippen LogP contribution in [0.5, 0.6) is 17.2 Å². The molecule has 0 bridgehead atoms. The molecule has 0 saturated heterocycles. The van der Waals surface area contributed by atoms with Gasteiger partial charge in [0.05, 0.1) is 25.0 Å². The number of amides is 1. The monoisotopic (exact) mass is 475 g/mol. The van der Waals surface area contributed by atoms with Crippen LogP contribution >= 0.6 is 0 Å². The molecule has 0 fully saturated rings. The van der Waals surface area contributed by atoms with Gasteiger partial charge in [0, 0.05) is 5.57 Å². The average Bonchev–Trinajstić information content (AvgIpc) is 2.87. The number of carboxylic acid groups (broad SMARTS) is 1. The Balaban J connectivity index is 1.93. The minimum atomic E-state index is -1.16. The SMILES string of the molecule is CCCCCOc1ccc(/C=C(/C(=O)Nc2cc(C(=O)O)ccc2O)c2ccccc2)cc1OC. The third-order valence-electron chi connectivity index (χ3n) is 5.33. The molecular weight excluding hydrogens is 446 g/mol. The van der Waals surface area contributed by atoms with E-state index in [9.17, 15) is 19.8 Å². The Bertz CT molecular complexity index is 1200. The zero-order chi connectivity index (χ0) is 25.2. The number of nitrogens with one attached hydrogen (secondary N) is 1. The number of hydrogen-bond acceptors (Lipinski definition) is 5. The Kier molecular flexibility index (Phi) is 8.89. The number of aromatic hydroxyl groups is 1. The van der Waals surface area contributed by atoms with Crippen molar-refractivity contribution in [1.82, 2.24) is 0 Å². The van der Waals surface area contributed by atoms with Crippen molar-refractivity contribution < 1.29 is 29.3 Å². The summed E-state index contributed by atoms with van der Waals surface area (Å²) < 4.78 is 11.3. The number of methoxy groups -OCH3 is 1. The molecule has 3 N–H and O–H groups in total. The predicted molar refractivity (Wildman–Crippen MR) is 136 cm³/mol. The number of rotatable bonds is 11. The van der Waals surface area contributed by atoms with Crippen LogP contribution in [0.2, 0.25) is 0 Å². The molecule has 0 aliphatic heterocycles. The Morgan fingerprint density at radius 1 is 0.943 bits per heavy atom. The van der Waals surface area contributed by atoms with E-state index in [0.29, 0.717) is 34.8 Å². The highest BCUT2D eigenvalue weighted by Crippen LogP contribution is 2.31. The van der Waals surface area contributed by atoms with E-state index in [1.54, 1.807) is 37.5 Å². The molecule has 3 rings (SSSR count). The van der Waals surface area contributed by atoms with Crippen LogP contribution in [0.15, 0.2) is 66.7 Å². The molecule has 3 aromatic carbocycles. The normalized spacial score (nSPS) is 11.1. The number of ether oxygens (including phenoxy) is 2. The number of aromatic carboxylic acids is 1. The van der Waals surface area contributed by atoms with E-state index in [4.69, 9.17) is 9.47 Å². The summed E-state index contributed by atoms with van der Waals surface area (Å²) in [7, 11) is 1.56. The van der Waals surface area contributed by atoms with E-state index in [1.807, 2.05) is 24.3 Å². The van der Waals surface area contributed by atoms with Gasteiger partial charge in [-0.15, -0.1) is 0 Å². The van der Waals surface area contributed by atoms with Crippen LogP contribution in [-0.4, -0.2) is 35.8 Å². The molecule has 1 amide bonds. The van der Waals surface area contributed by atoms with E-state index in [1.165, 1.54) is 18.2 Å². The molecule has 7 nitrogen and oxygen atoms in total. The van der Waals surface area contributed by atoms with Crippen LogP contribution in [0.4, 0.5) is 5.69 Å². The van der Waals surface area contributed by atoms with Gasteiger partial charge >= 0.3 is 5.97 Å². The third-order valence-corrected chi connectivity index (χ3v) is 5.33. The lowest BCUT2D eigenvalue weighted by atomic mass is 10.0. The van der Waals surface area contributed by atoms with Gasteiger partial charge in [0.1, 0.15) is 5.75 Å². The maximum Gasteiger partial charge on any atom is 0.335 e. The van der Waals surface area contributed by atoms with Crippen LogP contribution in [-0.2, 0) is 4.79 Å². The first kappa shape index (κ1) is 25.4. The number of phenolic OH excluding ortho intramolecular Hbond substituents is 1. The molecule has 0 aliphatic rings. The van der Waals surface area contributed by atoms with Crippen LogP contribution < -0.4 is 14.8 Å². The van der Waals surface area contributed by atoms with Crippen LogP contribution in [0.1, 0.15) is 47.7 Å². The molecule has 0 spiro atoms. The fourth-order valence-corrected chi connectivity index (χ4v) is 3.45. The van der Waals surface area contributed by atoms with E-state index in [2.05, 4.69) is 12.2 Å². The highest BCUT2D eigenvalue weighted by atomic mass is 16.5. The van der Waals surface area contributed by atoms with E-state index in [0.717, 1.165) is 19.3 Å². The van der Waals surface area contributed by atoms with E-state index < -0.39 is 11.9 Å². The van der Waals surface area contributed by atoms with Gasteiger partial charge in [-0.2, -0.15) is 0 Å². The van der Waals surface area contributed by atoms with Gasteiger partial charge in [0.25, 0.3) is 5.91 Å². The number of carbonyl (C=O) groups excluding carboxylic acids is 1. The number of benzene rings is 3. The lowest BCUT2D eigenvalue weighted by Crippen LogP contribution is -2.14. The first-order valence-electron chi connectivity index (χ1n) is 11.4. The maximum atomic E-state index is 13.3. The van der Waals surface area contributed by atoms with Crippen molar-refractivity contribution in [3.8, 4) is 17.2 Å². The molecule has 0 saturated carbocycles. The molecule has 35 heavy (non-hydrogen) atoms. The minimum Gasteiger partial charge on any atom is -0.506 e. The predicted octanol–water partition coefficient (Wildman–Crippen LogP) is 5.85. The Morgan fingerprint density at radius 3 is 2.40 bits per heavy atom. The van der Waals surface area contributed by atoms with Gasteiger partial charge < -0.3 is 25.0 Å². The number of hydrogen-bond donors (Lipinski definition) is 3. The summed E-state index contributed by atoms with van der Waals surface area (Å²) in [5, 5.41) is 22.0. The number of carboxylic acids is 1. The van der Waals surface area contributed by atoms with Gasteiger partial charge in [-0.1, -0.05) is 56.2 Å². The van der Waals surface area contributed by atoms with Crippen molar-refractivity contribution in [2.24, 2.45) is 0 Å². The lowest BCUT2D eigenvalue weighted by molar-refractivity contribution is -0.111. The second-order valence-electron chi connectivity index (χ2n) is 7.88. The second kappa shape index (κ2) is 12.3. The quantitative estimate of drug-likeness (QED) is 0.139. The Hall–Kier alpha value is -4.26. The minimum absolute atomic E-state index is 0.00476. The summed E-state index contributed by atoms with van der Waals surface area (Å²) in [6.45, 7) is 2.72. The van der Waals surface area contributed by atoms with Gasteiger partial charge in [-0.05, 0) is 54.0 Å². The topological polar surface area (TPSA) is 105 Å². The molecule has 0 atom stereocenters. The summed E-state index contributed by atoms with van der Waals surface area (Å²) in [6.07, 6.45) is 4.85. The van der Waals surface area contributed by atoms with Crippen molar-refractivity contribution >= 4 is 29.2 Å². The molecule has 182 valence electrons. The van der Waals surface area contributed by atoms with Gasteiger partial charge in [0.15, 0.2) is 11.5 Å². The summed E-state index contributed by atoms with van der Waals surface area (Å²) in [6, 6.07) is 18.2. The highest BCUT2D eigenvalue weighted by molar-refractivity contribution is 6.29. The highest BCUT2D eigenvalue weighted by Gasteiger charge is 2.16. The molecule has 0 heterocycles. The molecule has 7 heteroatoms. The number of anilines is 1. The molecular formula is C28H29NO6. The van der Waals surface area contributed by atoms with E-state index in [-0.39, 0.29) is 17.0 Å². The van der Waals surface area contributed by atoms with E-state index >= 15 is 0 Å². The Labute approximate surface area is 204 Å². The van der Waals surface area contributed by atoms with Gasteiger partial charge in [0.2, 0.25) is 0 Å². The summed E-state index contributed by atoms with van der Waals surface area (Å²) in [5.41, 5.74) is 1.63. The second-order valence-corrected chi connectivity index (χ2v) is 7.88. The maximum absolute atomic E-state index is 13.3. The van der Waals surface area contributed by atoms with Crippen LogP contribution in [0.25, 0.3) is 11.6 Å². The Morgan fingerprint density at radius 2 is 1.71 bits per heavy atom. The first-order chi connectivity index (χ1) is 16.9. The summed E-state index contributed by atoms with van der Waals surface area (Å²) in [5.74, 6) is -0.727. The van der Waals surface area contributed by atoms with Crippen molar-refractivity contribution in [2.75, 3.05) is 19.0 Å². The van der Waals surface area contributed by atoms with Crippen LogP contribution in [0.3, 0.4) is 0 Å². The molecule has 0 radical (unpaired) electrons. The molecule has 3 aromatic rings. The van der Waals surface area contributed by atoms with Gasteiger partial charge in [-0.25, -0.2) is 4.79 Å². The lowest BCUT2D eigenvalue weighted by Gasteiger charge is -2.13. The first-order valence-corrected chi connectivity index (χ1v) is 11.4. The zero-order valence-electron chi connectivity index (χ0n) is 19.8. The third kappa shape index (κ3) is 6.86. The molecule has 0 aliphatic carbocycles. The standard InChI is InChI=1S/C28H29NO6/c1-3-4-8-15-35-25-14-11-19(17-26(25)34-2)16-22(20-9-6-5-7-10-20)27(31)29-23-18-21(28(32)33)12-13-24(23)30/h5-7,9-14,16-18,30H,3-4,8,15H2,1-2H3,(H,29,31)(H,32,33)/b22-16+. The smallest absolute Gasteiger partial charge is 0.335 e. The van der Waals surface area contributed by atoms with Crippen molar-refractivity contribution in [3.05, 3.63) is 83.4 Å². The number of phenols is 1. The fourth-order valence-electron chi connectivity index (χ4n) is 3.45. The van der Waals surface area contributed by atoms with Crippen molar-refractivity contribution in [3.63, 3.8) is 0 Å². The largest absolute Gasteiger partial charge is 0.506 e. The average molecular weight is 476 g/mol. The summed E-state index contributed by atoms with van der Waals surface area (Å²) >= 11 is 0. The molecule has 0 unspecified atom stereocenters. The summed E-state index contributed by atoms with van der Waals surface area (Å²) in [4.78, 5) is 24.6. The van der Waals surface area contributed by atoms with Crippen LogP contribution in [0, 0.1) is 0 Å². The van der Waals surface area contributed by atoms with Gasteiger partial charge in [-0.3, -0.25) is 4.79 Å². The zero-order valence-corrected chi connectivity index (χ0v) is 19.8. The number of unbranched alkanes of at least 4 members (excludes halogenated alkanes) is 2. The fraction of sp³-hybridized carbons (Fsp3) is 0.214. The van der Waals surface area contributed by atoms with Crippen molar-refractivity contribution in [1.29, 1.82) is 0 Å².